The number of carbonyl (C=O) groups is 1. The van der Waals surface area contributed by atoms with E-state index in [0.717, 1.165) is 11.4 Å². The molecule has 3 heterocycles. The van der Waals surface area contributed by atoms with Crippen LogP contribution < -0.4 is 14.8 Å². The number of thioether (sulfide) groups is 1. The second kappa shape index (κ2) is 7.07. The molecule has 1 N–H and O–H groups in total. The zero-order valence-electron chi connectivity index (χ0n) is 15.2. The lowest BCUT2D eigenvalue weighted by Gasteiger charge is -2.19. The Labute approximate surface area is 160 Å². The van der Waals surface area contributed by atoms with Gasteiger partial charge >= 0.3 is 0 Å². The highest BCUT2D eigenvalue weighted by Gasteiger charge is 2.19. The molecule has 0 radical (unpaired) electrons. The van der Waals surface area contributed by atoms with Gasteiger partial charge in [-0.1, -0.05) is 11.8 Å². The highest BCUT2D eigenvalue weighted by atomic mass is 32.2. The molecule has 2 aromatic heterocycles. The zero-order chi connectivity index (χ0) is 19.0. The Morgan fingerprint density at radius 2 is 1.96 bits per heavy atom. The predicted octanol–water partition coefficient (Wildman–Crippen LogP) is 2.63. The maximum Gasteiger partial charge on any atom is 0.253 e. The van der Waals surface area contributed by atoms with Crippen molar-refractivity contribution in [2.45, 2.75) is 31.2 Å². The minimum absolute atomic E-state index is 0.142. The summed E-state index contributed by atoms with van der Waals surface area (Å²) in [6.45, 7) is 6.71. The van der Waals surface area contributed by atoms with Gasteiger partial charge in [-0.15, -0.1) is 5.10 Å². The largest absolute Gasteiger partial charge is 0.486 e. The molecule has 1 aliphatic rings. The molecule has 1 aromatic carbocycles. The number of nitrogens with one attached hydrogen (secondary N) is 1. The number of nitrogens with zero attached hydrogens (tertiary/aromatic N) is 4. The molecule has 4 rings (SSSR count). The van der Waals surface area contributed by atoms with E-state index < -0.39 is 0 Å². The lowest BCUT2D eigenvalue weighted by atomic mass is 10.2. The van der Waals surface area contributed by atoms with E-state index in [-0.39, 0.29) is 11.2 Å². The minimum Gasteiger partial charge on any atom is -0.486 e. The molecule has 1 atom stereocenters. The first-order valence-corrected chi connectivity index (χ1v) is 9.46. The van der Waals surface area contributed by atoms with E-state index in [4.69, 9.17) is 9.47 Å². The van der Waals surface area contributed by atoms with Crippen LogP contribution in [0.1, 0.15) is 18.3 Å². The maximum absolute atomic E-state index is 12.5. The molecule has 1 amide bonds. The van der Waals surface area contributed by atoms with Gasteiger partial charge in [-0.25, -0.2) is 9.50 Å². The van der Waals surface area contributed by atoms with Crippen LogP contribution in [-0.2, 0) is 4.79 Å². The van der Waals surface area contributed by atoms with Crippen LogP contribution in [0.2, 0.25) is 0 Å². The first-order chi connectivity index (χ1) is 13.0. The summed E-state index contributed by atoms with van der Waals surface area (Å²) >= 11 is 1.29. The van der Waals surface area contributed by atoms with Crippen molar-refractivity contribution in [3.8, 4) is 11.5 Å². The van der Waals surface area contributed by atoms with Gasteiger partial charge in [-0.05, 0) is 39.0 Å². The average molecular weight is 385 g/mol. The molecule has 1 aliphatic heterocycles. The van der Waals surface area contributed by atoms with E-state index in [1.165, 1.54) is 11.8 Å². The number of carbonyl (C=O) groups excluding carboxylic acids is 1. The summed E-state index contributed by atoms with van der Waals surface area (Å²) in [6, 6.07) is 7.29. The number of aromatic nitrogens is 4. The van der Waals surface area contributed by atoms with Crippen molar-refractivity contribution in [3.63, 3.8) is 0 Å². The van der Waals surface area contributed by atoms with Crippen LogP contribution in [0.3, 0.4) is 0 Å². The summed E-state index contributed by atoms with van der Waals surface area (Å²) in [7, 11) is 0. The van der Waals surface area contributed by atoms with E-state index in [1.54, 1.807) is 22.7 Å². The minimum atomic E-state index is -0.378. The number of ether oxygens (including phenoxy) is 2. The van der Waals surface area contributed by atoms with Crippen molar-refractivity contribution in [2.24, 2.45) is 0 Å². The molecule has 3 aromatic rings. The number of hydrogen-bond acceptors (Lipinski definition) is 7. The zero-order valence-corrected chi connectivity index (χ0v) is 16.0. The summed E-state index contributed by atoms with van der Waals surface area (Å²) in [4.78, 5) is 21.3. The first kappa shape index (κ1) is 17.6. The van der Waals surface area contributed by atoms with E-state index in [0.29, 0.717) is 41.3 Å². The highest BCUT2D eigenvalue weighted by Crippen LogP contribution is 2.33. The first-order valence-electron chi connectivity index (χ1n) is 8.58. The Kier molecular flexibility index (Phi) is 4.61. The average Bonchev–Trinajstić information content (AvgIpc) is 3.04. The lowest BCUT2D eigenvalue weighted by molar-refractivity contribution is -0.115. The summed E-state index contributed by atoms with van der Waals surface area (Å²) in [5, 5.41) is 7.46. The van der Waals surface area contributed by atoms with Gasteiger partial charge in [0.1, 0.15) is 13.2 Å². The Morgan fingerprint density at radius 3 is 2.78 bits per heavy atom. The van der Waals surface area contributed by atoms with Gasteiger partial charge in [0.2, 0.25) is 11.1 Å². The van der Waals surface area contributed by atoms with Crippen molar-refractivity contribution in [1.82, 2.24) is 19.6 Å². The molecule has 0 fully saturated rings. The molecule has 140 valence electrons. The van der Waals surface area contributed by atoms with Crippen LogP contribution in [-0.4, -0.2) is 44.0 Å². The van der Waals surface area contributed by atoms with Crippen LogP contribution in [0.5, 0.6) is 11.5 Å². The van der Waals surface area contributed by atoms with Crippen molar-refractivity contribution in [3.05, 3.63) is 35.7 Å². The van der Waals surface area contributed by atoms with Gasteiger partial charge < -0.3 is 14.8 Å². The number of hydrogen-bond donors (Lipinski definition) is 1. The fourth-order valence-electron chi connectivity index (χ4n) is 2.77. The quantitative estimate of drug-likeness (QED) is 0.690. The lowest BCUT2D eigenvalue weighted by Crippen LogP contribution is -2.23. The fourth-order valence-corrected chi connectivity index (χ4v) is 3.52. The molecular weight excluding hydrogens is 366 g/mol. The van der Waals surface area contributed by atoms with E-state index in [9.17, 15) is 4.79 Å². The summed E-state index contributed by atoms with van der Waals surface area (Å²) in [5.41, 5.74) is 2.49. The summed E-state index contributed by atoms with van der Waals surface area (Å²) in [6.07, 6.45) is 0. The Hall–Kier alpha value is -2.81. The molecule has 0 bridgehead atoms. The normalized spacial score (nSPS) is 14.2. The second-order valence-electron chi connectivity index (χ2n) is 6.25. The van der Waals surface area contributed by atoms with Gasteiger partial charge in [-0.3, -0.25) is 4.79 Å². The number of rotatable bonds is 4. The fraction of sp³-hybridized carbons (Fsp3) is 0.333. The van der Waals surface area contributed by atoms with E-state index in [2.05, 4.69) is 20.4 Å². The van der Waals surface area contributed by atoms with Crippen LogP contribution in [0.25, 0.3) is 5.78 Å². The van der Waals surface area contributed by atoms with Crippen molar-refractivity contribution >= 4 is 29.1 Å². The summed E-state index contributed by atoms with van der Waals surface area (Å²) in [5.74, 6) is 1.72. The van der Waals surface area contributed by atoms with E-state index >= 15 is 0 Å². The van der Waals surface area contributed by atoms with E-state index in [1.807, 2.05) is 26.8 Å². The van der Waals surface area contributed by atoms with Gasteiger partial charge in [-0.2, -0.15) is 4.98 Å². The molecule has 0 saturated heterocycles. The maximum atomic E-state index is 12.5. The van der Waals surface area contributed by atoms with Crippen LogP contribution in [0.4, 0.5) is 5.69 Å². The standard InChI is InChI=1S/C18H19N5O3S/c1-10-8-11(2)23-17(19-10)21-18(22-23)27-12(3)16(24)20-13-4-5-14-15(9-13)26-7-6-25-14/h4-5,8-9,12H,6-7H2,1-3H3,(H,20,24)/t12-/m1/s1. The molecule has 0 unspecified atom stereocenters. The number of anilines is 1. The third kappa shape index (κ3) is 3.68. The van der Waals surface area contributed by atoms with Gasteiger partial charge in [0, 0.05) is 23.1 Å². The topological polar surface area (TPSA) is 90.6 Å². The smallest absolute Gasteiger partial charge is 0.253 e. The van der Waals surface area contributed by atoms with Gasteiger partial charge in [0.05, 0.1) is 5.25 Å². The third-order valence-corrected chi connectivity index (χ3v) is 5.01. The monoisotopic (exact) mass is 385 g/mol. The molecule has 0 aliphatic carbocycles. The Bertz CT molecular complexity index is 1020. The molecular formula is C18H19N5O3S. The number of fused-ring (bicyclic) bond motifs is 2. The van der Waals surface area contributed by atoms with Gasteiger partial charge in [0.25, 0.3) is 5.78 Å². The second-order valence-corrected chi connectivity index (χ2v) is 7.56. The van der Waals surface area contributed by atoms with Crippen LogP contribution >= 0.6 is 11.8 Å². The molecule has 8 nitrogen and oxygen atoms in total. The molecule has 27 heavy (non-hydrogen) atoms. The molecule has 9 heteroatoms. The van der Waals surface area contributed by atoms with Crippen LogP contribution in [0.15, 0.2) is 29.4 Å². The van der Waals surface area contributed by atoms with Crippen molar-refractivity contribution in [1.29, 1.82) is 0 Å². The Morgan fingerprint density at radius 1 is 1.19 bits per heavy atom. The van der Waals surface area contributed by atoms with Crippen molar-refractivity contribution in [2.75, 3.05) is 18.5 Å². The highest BCUT2D eigenvalue weighted by molar-refractivity contribution is 8.00. The van der Waals surface area contributed by atoms with Crippen LogP contribution in [0, 0.1) is 13.8 Å². The Balaban J connectivity index is 1.46. The third-order valence-electron chi connectivity index (χ3n) is 4.06. The SMILES string of the molecule is Cc1cc(C)n2nc(S[C@H](C)C(=O)Nc3ccc4c(c3)OCCO4)nc2n1. The van der Waals surface area contributed by atoms with Gasteiger partial charge in [0.15, 0.2) is 11.5 Å². The molecule has 0 saturated carbocycles. The number of benzene rings is 1. The number of aryl methyl sites for hydroxylation is 2. The van der Waals surface area contributed by atoms with Crippen molar-refractivity contribution < 1.29 is 14.3 Å². The predicted molar refractivity (Wildman–Crippen MR) is 102 cm³/mol. The molecule has 0 spiro atoms. The summed E-state index contributed by atoms with van der Waals surface area (Å²) < 4.78 is 12.7. The number of amides is 1.